The first-order valence-corrected chi connectivity index (χ1v) is 9.44. The summed E-state index contributed by atoms with van der Waals surface area (Å²) >= 11 is 0. The number of urea groups is 1. The van der Waals surface area contributed by atoms with Crippen molar-refractivity contribution in [3.63, 3.8) is 0 Å². The van der Waals surface area contributed by atoms with Crippen molar-refractivity contribution in [2.75, 3.05) is 44.8 Å². The molecule has 2 aromatic rings. The smallest absolute Gasteiger partial charge is 0.383 e. The third-order valence-corrected chi connectivity index (χ3v) is 5.33. The number of halogens is 3. The Labute approximate surface area is 169 Å². The number of anilines is 1. The minimum Gasteiger partial charge on any atom is -0.383 e. The first-order valence-electron chi connectivity index (χ1n) is 9.44. The summed E-state index contributed by atoms with van der Waals surface area (Å²) in [6.07, 6.45) is -3.51. The van der Waals surface area contributed by atoms with Crippen LogP contribution in [0.2, 0.25) is 0 Å². The molecule has 0 N–H and O–H groups in total. The normalized spacial score (nSPS) is 18.9. The van der Waals surface area contributed by atoms with Crippen LogP contribution in [0, 0.1) is 0 Å². The van der Waals surface area contributed by atoms with Gasteiger partial charge < -0.3 is 14.5 Å². The second kappa shape index (κ2) is 7.70. The summed E-state index contributed by atoms with van der Waals surface area (Å²) in [6, 6.07) is 2.60. The number of amides is 3. The fourth-order valence-corrected chi connectivity index (χ4v) is 3.78. The van der Waals surface area contributed by atoms with Crippen molar-refractivity contribution in [1.82, 2.24) is 29.6 Å². The van der Waals surface area contributed by atoms with Crippen LogP contribution in [-0.2, 0) is 15.7 Å². The van der Waals surface area contributed by atoms with E-state index in [-0.39, 0.29) is 43.3 Å². The van der Waals surface area contributed by atoms with E-state index in [1.807, 2.05) is 4.90 Å². The maximum absolute atomic E-state index is 13.1. The largest absolute Gasteiger partial charge is 0.453 e. The molecule has 2 aliphatic rings. The van der Waals surface area contributed by atoms with E-state index in [0.717, 1.165) is 0 Å². The minimum atomic E-state index is -4.66. The predicted octanol–water partition coefficient (Wildman–Crippen LogP) is 1.02. The molecule has 3 amide bonds. The van der Waals surface area contributed by atoms with Crippen molar-refractivity contribution in [1.29, 1.82) is 0 Å². The molecule has 13 heteroatoms. The van der Waals surface area contributed by atoms with Crippen LogP contribution < -0.4 is 4.90 Å². The zero-order chi connectivity index (χ0) is 21.5. The van der Waals surface area contributed by atoms with Gasteiger partial charge in [0.25, 0.3) is 5.82 Å². The lowest BCUT2D eigenvalue weighted by Gasteiger charge is -2.36. The van der Waals surface area contributed by atoms with Gasteiger partial charge in [0.2, 0.25) is 5.91 Å². The molecular formula is C17H20F3N7O3. The Kier molecular flexibility index (Phi) is 5.22. The van der Waals surface area contributed by atoms with Gasteiger partial charge in [-0.3, -0.25) is 9.69 Å². The lowest BCUT2D eigenvalue weighted by molar-refractivity contribution is -0.146. The van der Waals surface area contributed by atoms with Gasteiger partial charge in [-0.1, -0.05) is 0 Å². The van der Waals surface area contributed by atoms with E-state index in [0.29, 0.717) is 36.3 Å². The Balaban J connectivity index is 1.44. The molecule has 4 heterocycles. The summed E-state index contributed by atoms with van der Waals surface area (Å²) in [4.78, 5) is 29.3. The summed E-state index contributed by atoms with van der Waals surface area (Å²) in [5.41, 5.74) is 0.0123. The molecule has 0 radical (unpaired) electrons. The molecule has 0 aromatic carbocycles. The number of methoxy groups -OCH3 is 1. The monoisotopic (exact) mass is 427 g/mol. The van der Waals surface area contributed by atoms with Crippen LogP contribution in [0.25, 0.3) is 5.65 Å². The Morgan fingerprint density at radius 2 is 1.90 bits per heavy atom. The van der Waals surface area contributed by atoms with Gasteiger partial charge in [-0.15, -0.1) is 15.3 Å². The zero-order valence-corrected chi connectivity index (χ0v) is 16.2. The van der Waals surface area contributed by atoms with Gasteiger partial charge in [0.1, 0.15) is 12.4 Å². The summed E-state index contributed by atoms with van der Waals surface area (Å²) in [7, 11) is 1.50. The summed E-state index contributed by atoms with van der Waals surface area (Å²) in [5.74, 6) is -1.05. The second-order valence-electron chi connectivity index (χ2n) is 7.15. The molecule has 2 aromatic heterocycles. The number of ether oxygens (including phenoxy) is 1. The predicted molar refractivity (Wildman–Crippen MR) is 96.7 cm³/mol. The standard InChI is InChI=1S/C17H20F3N7O3/c1-30-9-8-25-14(28)10-26(16(25)29)11-4-6-24(7-5-11)13-3-2-12-21-22-15(17(18,19)20)27(12)23-13/h2-3,11H,4-10H2,1H3. The average molecular weight is 427 g/mol. The number of hydrogen-bond donors (Lipinski definition) is 0. The molecule has 0 spiro atoms. The molecule has 2 fully saturated rings. The van der Waals surface area contributed by atoms with Gasteiger partial charge >= 0.3 is 12.2 Å². The first-order chi connectivity index (χ1) is 14.3. The number of hydrogen-bond acceptors (Lipinski definition) is 7. The highest BCUT2D eigenvalue weighted by Crippen LogP contribution is 2.29. The molecule has 0 atom stereocenters. The first kappa shape index (κ1) is 20.3. The van der Waals surface area contributed by atoms with Crippen LogP contribution in [0.3, 0.4) is 0 Å². The van der Waals surface area contributed by atoms with Crippen molar-refractivity contribution in [3.8, 4) is 0 Å². The lowest BCUT2D eigenvalue weighted by atomic mass is 10.0. The summed E-state index contributed by atoms with van der Waals surface area (Å²) < 4.78 is 44.8. The highest BCUT2D eigenvalue weighted by Gasteiger charge is 2.41. The number of carbonyl (C=O) groups excluding carboxylic acids is 2. The summed E-state index contributed by atoms with van der Waals surface area (Å²) in [6.45, 7) is 1.51. The van der Waals surface area contributed by atoms with Crippen LogP contribution in [-0.4, -0.2) is 87.5 Å². The maximum atomic E-state index is 13.1. The molecule has 30 heavy (non-hydrogen) atoms. The fourth-order valence-electron chi connectivity index (χ4n) is 3.78. The number of aromatic nitrogens is 4. The topological polar surface area (TPSA) is 96.2 Å². The highest BCUT2D eigenvalue weighted by molar-refractivity contribution is 6.02. The van der Waals surface area contributed by atoms with Gasteiger partial charge in [0.05, 0.1) is 13.2 Å². The molecule has 4 rings (SSSR count). The van der Waals surface area contributed by atoms with E-state index in [4.69, 9.17) is 4.74 Å². The van der Waals surface area contributed by atoms with Crippen molar-refractivity contribution < 1.29 is 27.5 Å². The molecular weight excluding hydrogens is 407 g/mol. The number of piperidine rings is 1. The van der Waals surface area contributed by atoms with E-state index < -0.39 is 12.0 Å². The molecule has 0 aliphatic carbocycles. The second-order valence-corrected chi connectivity index (χ2v) is 7.15. The number of fused-ring (bicyclic) bond motifs is 1. The number of rotatable bonds is 5. The maximum Gasteiger partial charge on any atom is 0.453 e. The molecule has 10 nitrogen and oxygen atoms in total. The van der Waals surface area contributed by atoms with Gasteiger partial charge in [-0.2, -0.15) is 17.7 Å². The number of imide groups is 1. The van der Waals surface area contributed by atoms with E-state index in [1.165, 1.54) is 18.1 Å². The quantitative estimate of drug-likeness (QED) is 0.658. The number of alkyl halides is 3. The lowest BCUT2D eigenvalue weighted by Crippen LogP contribution is -2.47. The number of nitrogens with zero attached hydrogens (tertiary/aromatic N) is 7. The molecule has 0 saturated carbocycles. The molecule has 0 unspecified atom stereocenters. The summed E-state index contributed by atoms with van der Waals surface area (Å²) in [5, 5.41) is 10.7. The van der Waals surface area contributed by atoms with Gasteiger partial charge in [-0.05, 0) is 25.0 Å². The third-order valence-electron chi connectivity index (χ3n) is 5.33. The molecule has 2 saturated heterocycles. The van der Waals surface area contributed by atoms with Crippen molar-refractivity contribution in [3.05, 3.63) is 18.0 Å². The zero-order valence-electron chi connectivity index (χ0n) is 16.2. The van der Waals surface area contributed by atoms with E-state index >= 15 is 0 Å². The number of carbonyl (C=O) groups is 2. The van der Waals surface area contributed by atoms with Crippen LogP contribution in [0.5, 0.6) is 0 Å². The van der Waals surface area contributed by atoms with Crippen molar-refractivity contribution in [2.24, 2.45) is 0 Å². The Morgan fingerprint density at radius 3 is 2.57 bits per heavy atom. The van der Waals surface area contributed by atoms with Gasteiger partial charge in [-0.25, -0.2) is 4.79 Å². The SMILES string of the molecule is COCCN1C(=O)CN(C2CCN(c3ccc4nnc(C(F)(F)F)n4n3)CC2)C1=O. The van der Waals surface area contributed by atoms with Crippen LogP contribution in [0.15, 0.2) is 12.1 Å². The Hall–Kier alpha value is -2.96. The molecule has 162 valence electrons. The van der Waals surface area contributed by atoms with Crippen molar-refractivity contribution >= 4 is 23.4 Å². The van der Waals surface area contributed by atoms with E-state index in [9.17, 15) is 22.8 Å². The van der Waals surface area contributed by atoms with Crippen LogP contribution in [0.1, 0.15) is 18.7 Å². The minimum absolute atomic E-state index is 0.0123. The van der Waals surface area contributed by atoms with Crippen LogP contribution in [0.4, 0.5) is 23.8 Å². The molecule has 0 bridgehead atoms. The molecule has 2 aliphatic heterocycles. The Bertz CT molecular complexity index is 956. The Morgan fingerprint density at radius 1 is 1.17 bits per heavy atom. The van der Waals surface area contributed by atoms with Gasteiger partial charge in [0.15, 0.2) is 5.65 Å². The highest BCUT2D eigenvalue weighted by atomic mass is 19.4. The third kappa shape index (κ3) is 3.64. The van der Waals surface area contributed by atoms with E-state index in [2.05, 4.69) is 15.3 Å². The average Bonchev–Trinajstić information content (AvgIpc) is 3.27. The van der Waals surface area contributed by atoms with Gasteiger partial charge in [0, 0.05) is 26.2 Å². The fraction of sp³-hybridized carbons (Fsp3) is 0.588. The van der Waals surface area contributed by atoms with Crippen LogP contribution >= 0.6 is 0 Å². The van der Waals surface area contributed by atoms with E-state index in [1.54, 1.807) is 11.0 Å². The van der Waals surface area contributed by atoms with Crippen molar-refractivity contribution in [2.45, 2.75) is 25.1 Å².